The number of aliphatic hydroxyl groups is 1. The molecule has 2 rings (SSSR count). The molecule has 0 spiro atoms. The van der Waals surface area contributed by atoms with E-state index in [-0.39, 0.29) is 6.10 Å². The molecule has 1 aromatic carbocycles. The summed E-state index contributed by atoms with van der Waals surface area (Å²) in [5, 5.41) is 9.51. The van der Waals surface area contributed by atoms with Gasteiger partial charge in [-0.3, -0.25) is 0 Å². The van der Waals surface area contributed by atoms with Crippen molar-refractivity contribution in [2.24, 2.45) is 5.73 Å². The van der Waals surface area contributed by atoms with Gasteiger partial charge in [-0.1, -0.05) is 12.2 Å². The van der Waals surface area contributed by atoms with Crippen LogP contribution in [-0.2, 0) is 0 Å². The number of nitrogens with two attached hydrogens (primary N) is 1. The largest absolute Gasteiger partial charge is 0.391 e. The Morgan fingerprint density at radius 2 is 2.31 bits per heavy atom. The van der Waals surface area contributed by atoms with Crippen molar-refractivity contribution in [2.75, 3.05) is 18.0 Å². The molecule has 1 aliphatic rings. The van der Waals surface area contributed by atoms with E-state index in [9.17, 15) is 5.11 Å². The Morgan fingerprint density at radius 3 is 2.81 bits per heavy atom. The molecular formula is C12H16N2OS. The second-order valence-electron chi connectivity index (χ2n) is 4.25. The second kappa shape index (κ2) is 4.39. The molecule has 0 radical (unpaired) electrons. The number of benzene rings is 1. The molecule has 0 aromatic heterocycles. The van der Waals surface area contributed by atoms with E-state index >= 15 is 0 Å². The summed E-state index contributed by atoms with van der Waals surface area (Å²) in [4.78, 5) is 2.62. The molecule has 1 unspecified atom stereocenters. The summed E-state index contributed by atoms with van der Waals surface area (Å²) in [5.74, 6) is 0. The number of thiocarbonyl (C=S) groups is 1. The third-order valence-electron chi connectivity index (χ3n) is 2.99. The fraction of sp³-hybridized carbons (Fsp3) is 0.417. The number of aliphatic hydroxyl groups excluding tert-OH is 1. The number of nitrogens with zero attached hydrogens (tertiary/aromatic N) is 1. The highest BCUT2D eigenvalue weighted by Gasteiger charge is 2.21. The van der Waals surface area contributed by atoms with Crippen molar-refractivity contribution in [1.82, 2.24) is 0 Å². The highest BCUT2D eigenvalue weighted by Crippen LogP contribution is 2.25. The lowest BCUT2D eigenvalue weighted by atomic mass is 10.1. The fourth-order valence-electron chi connectivity index (χ4n) is 2.12. The molecule has 1 fully saturated rings. The van der Waals surface area contributed by atoms with Crippen molar-refractivity contribution in [3.8, 4) is 0 Å². The molecule has 1 saturated heterocycles. The number of hydrogen-bond acceptors (Lipinski definition) is 3. The van der Waals surface area contributed by atoms with Gasteiger partial charge in [0.15, 0.2) is 0 Å². The van der Waals surface area contributed by atoms with E-state index in [1.807, 2.05) is 25.1 Å². The zero-order valence-electron chi connectivity index (χ0n) is 9.31. The van der Waals surface area contributed by atoms with Gasteiger partial charge >= 0.3 is 0 Å². The van der Waals surface area contributed by atoms with Crippen LogP contribution in [0.2, 0.25) is 0 Å². The molecule has 86 valence electrons. The minimum absolute atomic E-state index is 0.199. The maximum atomic E-state index is 9.51. The molecule has 3 nitrogen and oxygen atoms in total. The molecule has 0 saturated carbocycles. The van der Waals surface area contributed by atoms with E-state index in [4.69, 9.17) is 18.0 Å². The first-order valence-electron chi connectivity index (χ1n) is 5.41. The van der Waals surface area contributed by atoms with Crippen LogP contribution in [0.1, 0.15) is 17.5 Å². The Hall–Kier alpha value is -1.13. The standard InChI is InChI=1S/C12H16N2OS/c1-8-6-9(12(13)16)2-3-11(8)14-5-4-10(15)7-14/h2-3,6,10,15H,4-5,7H2,1H3,(H2,13,16). The highest BCUT2D eigenvalue weighted by atomic mass is 32.1. The Balaban J connectivity index is 2.26. The monoisotopic (exact) mass is 236 g/mol. The lowest BCUT2D eigenvalue weighted by Gasteiger charge is -2.20. The van der Waals surface area contributed by atoms with Gasteiger partial charge in [-0.05, 0) is 37.1 Å². The van der Waals surface area contributed by atoms with E-state index < -0.39 is 0 Å². The molecule has 16 heavy (non-hydrogen) atoms. The van der Waals surface area contributed by atoms with Crippen LogP contribution in [0.3, 0.4) is 0 Å². The molecule has 1 aliphatic heterocycles. The summed E-state index contributed by atoms with van der Waals surface area (Å²) in [6.07, 6.45) is 0.644. The molecule has 1 aromatic rings. The summed E-state index contributed by atoms with van der Waals surface area (Å²) in [5.41, 5.74) is 8.80. The normalized spacial score (nSPS) is 20.1. The maximum Gasteiger partial charge on any atom is 0.103 e. The topological polar surface area (TPSA) is 49.5 Å². The molecule has 1 atom stereocenters. The minimum Gasteiger partial charge on any atom is -0.391 e. The summed E-state index contributed by atoms with van der Waals surface area (Å²) in [6.45, 7) is 3.67. The summed E-state index contributed by atoms with van der Waals surface area (Å²) in [6, 6.07) is 5.97. The third-order valence-corrected chi connectivity index (χ3v) is 3.22. The fourth-order valence-corrected chi connectivity index (χ4v) is 2.25. The van der Waals surface area contributed by atoms with Crippen LogP contribution >= 0.6 is 12.2 Å². The molecule has 1 heterocycles. The first kappa shape index (κ1) is 11.4. The van der Waals surface area contributed by atoms with Crippen molar-refractivity contribution in [3.05, 3.63) is 29.3 Å². The van der Waals surface area contributed by atoms with Crippen LogP contribution in [-0.4, -0.2) is 29.3 Å². The van der Waals surface area contributed by atoms with Gasteiger partial charge in [-0.2, -0.15) is 0 Å². The smallest absolute Gasteiger partial charge is 0.103 e. The zero-order valence-corrected chi connectivity index (χ0v) is 10.1. The summed E-state index contributed by atoms with van der Waals surface area (Å²) < 4.78 is 0. The Bertz CT molecular complexity index is 419. The number of hydrogen-bond donors (Lipinski definition) is 2. The van der Waals surface area contributed by atoms with Crippen molar-refractivity contribution >= 4 is 22.9 Å². The molecule has 3 N–H and O–H groups in total. The van der Waals surface area contributed by atoms with E-state index in [1.54, 1.807) is 0 Å². The van der Waals surface area contributed by atoms with Gasteiger partial charge in [0.25, 0.3) is 0 Å². The first-order valence-corrected chi connectivity index (χ1v) is 5.82. The van der Waals surface area contributed by atoms with Gasteiger partial charge in [0.05, 0.1) is 6.10 Å². The van der Waals surface area contributed by atoms with E-state index in [0.717, 1.165) is 29.8 Å². The minimum atomic E-state index is -0.199. The van der Waals surface area contributed by atoms with Crippen molar-refractivity contribution in [2.45, 2.75) is 19.4 Å². The second-order valence-corrected chi connectivity index (χ2v) is 4.69. The molecule has 0 aliphatic carbocycles. The van der Waals surface area contributed by atoms with Crippen molar-refractivity contribution in [1.29, 1.82) is 0 Å². The van der Waals surface area contributed by atoms with Crippen molar-refractivity contribution in [3.63, 3.8) is 0 Å². The molecule has 4 heteroatoms. The van der Waals surface area contributed by atoms with E-state index in [0.29, 0.717) is 11.5 Å². The third kappa shape index (κ3) is 2.18. The number of anilines is 1. The van der Waals surface area contributed by atoms with E-state index in [1.165, 1.54) is 0 Å². The van der Waals surface area contributed by atoms with Gasteiger partial charge in [-0.15, -0.1) is 0 Å². The van der Waals surface area contributed by atoms with Crippen LogP contribution in [0, 0.1) is 6.92 Å². The van der Waals surface area contributed by atoms with Crippen LogP contribution in [0.25, 0.3) is 0 Å². The Labute approximate surface area is 101 Å². The van der Waals surface area contributed by atoms with E-state index in [2.05, 4.69) is 4.90 Å². The van der Waals surface area contributed by atoms with Crippen molar-refractivity contribution < 1.29 is 5.11 Å². The predicted octanol–water partition coefficient (Wildman–Crippen LogP) is 1.20. The first-order chi connectivity index (χ1) is 7.58. The average Bonchev–Trinajstić information content (AvgIpc) is 2.64. The maximum absolute atomic E-state index is 9.51. The van der Waals surface area contributed by atoms with Gasteiger partial charge in [0.1, 0.15) is 4.99 Å². The summed E-state index contributed by atoms with van der Waals surface area (Å²) >= 11 is 4.94. The van der Waals surface area contributed by atoms with Gasteiger partial charge in [0, 0.05) is 24.3 Å². The Morgan fingerprint density at radius 1 is 1.56 bits per heavy atom. The molecule has 0 bridgehead atoms. The highest BCUT2D eigenvalue weighted by molar-refractivity contribution is 7.80. The quantitative estimate of drug-likeness (QED) is 0.758. The lowest BCUT2D eigenvalue weighted by Crippen LogP contribution is -2.22. The molecule has 0 amide bonds. The van der Waals surface area contributed by atoms with Gasteiger partial charge in [-0.25, -0.2) is 0 Å². The predicted molar refractivity (Wildman–Crippen MR) is 69.9 cm³/mol. The van der Waals surface area contributed by atoms with Crippen LogP contribution in [0.15, 0.2) is 18.2 Å². The van der Waals surface area contributed by atoms with Crippen LogP contribution in [0.4, 0.5) is 5.69 Å². The average molecular weight is 236 g/mol. The lowest BCUT2D eigenvalue weighted by molar-refractivity contribution is 0.198. The Kier molecular flexibility index (Phi) is 3.12. The van der Waals surface area contributed by atoms with Gasteiger partial charge < -0.3 is 15.7 Å². The SMILES string of the molecule is Cc1cc(C(N)=S)ccc1N1CCC(O)C1. The zero-order chi connectivity index (χ0) is 11.7. The summed E-state index contributed by atoms with van der Waals surface area (Å²) in [7, 11) is 0. The number of aryl methyl sites for hydroxylation is 1. The van der Waals surface area contributed by atoms with Crippen LogP contribution < -0.4 is 10.6 Å². The molecular weight excluding hydrogens is 220 g/mol. The van der Waals surface area contributed by atoms with Gasteiger partial charge in [0.2, 0.25) is 0 Å². The number of rotatable bonds is 2. The van der Waals surface area contributed by atoms with Crippen LogP contribution in [0.5, 0.6) is 0 Å². The number of β-amino-alcohol motifs (C(OH)–C–C–N with tert-alkyl or cyclic N) is 1.